The number of nitrogens with one attached hydrogen (secondary N) is 1. The van der Waals surface area contributed by atoms with E-state index in [2.05, 4.69) is 12.2 Å². The number of benzene rings is 2. The SMILES string of the molecule is CCc1ccc(N(CCCC(=O)N[C@H]2CC(C)(C)Oc3ccccc32)S(C)(=O)=O)cc1. The van der Waals surface area contributed by atoms with Gasteiger partial charge in [0.25, 0.3) is 0 Å². The summed E-state index contributed by atoms with van der Waals surface area (Å²) in [5, 5.41) is 3.11. The first-order chi connectivity index (χ1) is 14.6. The molecule has 2 aromatic rings. The van der Waals surface area contributed by atoms with Crippen LogP contribution in [0.1, 0.15) is 57.2 Å². The molecule has 168 valence electrons. The number of fused-ring (bicyclic) bond motifs is 1. The minimum atomic E-state index is -3.43. The van der Waals surface area contributed by atoms with Gasteiger partial charge in [0.05, 0.1) is 18.0 Å². The van der Waals surface area contributed by atoms with Gasteiger partial charge in [0.1, 0.15) is 11.4 Å². The second kappa shape index (κ2) is 9.30. The molecule has 0 aliphatic carbocycles. The van der Waals surface area contributed by atoms with Crippen molar-refractivity contribution in [1.29, 1.82) is 0 Å². The van der Waals surface area contributed by atoms with E-state index in [1.54, 1.807) is 0 Å². The van der Waals surface area contributed by atoms with E-state index in [0.29, 0.717) is 18.5 Å². The molecule has 3 rings (SSSR count). The monoisotopic (exact) mass is 444 g/mol. The molecule has 1 aliphatic rings. The number of rotatable bonds is 8. The van der Waals surface area contributed by atoms with Gasteiger partial charge in [0, 0.05) is 24.9 Å². The summed E-state index contributed by atoms with van der Waals surface area (Å²) in [6, 6.07) is 15.1. The Hall–Kier alpha value is -2.54. The molecule has 1 atom stereocenters. The molecule has 1 heterocycles. The summed E-state index contributed by atoms with van der Waals surface area (Å²) in [6.45, 7) is 6.33. The fourth-order valence-electron chi connectivity index (χ4n) is 3.97. The first kappa shape index (κ1) is 23.1. The van der Waals surface area contributed by atoms with Gasteiger partial charge in [0.15, 0.2) is 0 Å². The van der Waals surface area contributed by atoms with Crippen LogP contribution in [0.15, 0.2) is 48.5 Å². The number of ether oxygens (including phenoxy) is 1. The molecule has 0 aromatic heterocycles. The Labute approximate surface area is 185 Å². The normalized spacial score (nSPS) is 17.4. The van der Waals surface area contributed by atoms with Crippen molar-refractivity contribution in [2.45, 2.75) is 58.1 Å². The van der Waals surface area contributed by atoms with Crippen LogP contribution in [0.5, 0.6) is 5.75 Å². The molecule has 0 unspecified atom stereocenters. The number of anilines is 1. The third kappa shape index (κ3) is 6.00. The first-order valence-corrected chi connectivity index (χ1v) is 12.6. The average molecular weight is 445 g/mol. The predicted octanol–water partition coefficient (Wildman–Crippen LogP) is 4.21. The van der Waals surface area contributed by atoms with Crippen LogP contribution in [0, 0.1) is 0 Å². The van der Waals surface area contributed by atoms with Crippen LogP contribution in [0.25, 0.3) is 0 Å². The van der Waals surface area contributed by atoms with Gasteiger partial charge in [-0.3, -0.25) is 9.10 Å². The molecule has 0 radical (unpaired) electrons. The van der Waals surface area contributed by atoms with Crippen molar-refractivity contribution in [3.05, 3.63) is 59.7 Å². The number of hydrogen-bond donors (Lipinski definition) is 1. The Morgan fingerprint density at radius 1 is 1.16 bits per heavy atom. The molecule has 7 heteroatoms. The van der Waals surface area contributed by atoms with Gasteiger partial charge in [0.2, 0.25) is 15.9 Å². The van der Waals surface area contributed by atoms with E-state index in [0.717, 1.165) is 23.3 Å². The van der Waals surface area contributed by atoms with E-state index in [-0.39, 0.29) is 30.5 Å². The molecular formula is C24H32N2O4S. The first-order valence-electron chi connectivity index (χ1n) is 10.7. The van der Waals surface area contributed by atoms with Crippen molar-refractivity contribution in [3.8, 4) is 5.75 Å². The van der Waals surface area contributed by atoms with Gasteiger partial charge in [-0.15, -0.1) is 0 Å². The van der Waals surface area contributed by atoms with Crippen LogP contribution in [-0.4, -0.2) is 32.7 Å². The lowest BCUT2D eigenvalue weighted by Gasteiger charge is -2.37. The standard InChI is InChI=1S/C24H32N2O4S/c1-5-18-12-14-19(15-13-18)26(31(4,28)29)16-8-11-23(27)25-21-17-24(2,3)30-22-10-7-6-9-20(21)22/h6-7,9-10,12-15,21H,5,8,11,16-17H2,1-4H3,(H,25,27)/t21-/m0/s1. The maximum atomic E-state index is 12.7. The van der Waals surface area contributed by atoms with Gasteiger partial charge in [-0.1, -0.05) is 37.3 Å². The van der Waals surface area contributed by atoms with Crippen LogP contribution in [0.4, 0.5) is 5.69 Å². The van der Waals surface area contributed by atoms with Crippen LogP contribution >= 0.6 is 0 Å². The van der Waals surface area contributed by atoms with Gasteiger partial charge in [-0.25, -0.2) is 8.42 Å². The van der Waals surface area contributed by atoms with Crippen LogP contribution < -0.4 is 14.4 Å². The molecule has 6 nitrogen and oxygen atoms in total. The number of carbonyl (C=O) groups excluding carboxylic acids is 1. The molecule has 0 bridgehead atoms. The van der Waals surface area contributed by atoms with E-state index in [1.807, 2.05) is 62.4 Å². The van der Waals surface area contributed by atoms with E-state index in [9.17, 15) is 13.2 Å². The van der Waals surface area contributed by atoms with E-state index < -0.39 is 10.0 Å². The molecule has 0 spiro atoms. The molecular weight excluding hydrogens is 412 g/mol. The molecule has 1 N–H and O–H groups in total. The average Bonchev–Trinajstić information content (AvgIpc) is 2.69. The summed E-state index contributed by atoms with van der Waals surface area (Å²) in [7, 11) is -3.43. The highest BCUT2D eigenvalue weighted by Gasteiger charge is 2.34. The summed E-state index contributed by atoms with van der Waals surface area (Å²) in [5.41, 5.74) is 2.38. The predicted molar refractivity (Wildman–Crippen MR) is 124 cm³/mol. The Morgan fingerprint density at radius 3 is 2.48 bits per heavy atom. The molecule has 1 aliphatic heterocycles. The summed E-state index contributed by atoms with van der Waals surface area (Å²) < 4.78 is 32.0. The zero-order chi connectivity index (χ0) is 22.6. The second-order valence-electron chi connectivity index (χ2n) is 8.68. The fourth-order valence-corrected chi connectivity index (χ4v) is 4.93. The van der Waals surface area contributed by atoms with E-state index in [1.165, 1.54) is 10.6 Å². The molecule has 0 saturated carbocycles. The molecule has 2 aromatic carbocycles. The number of hydrogen-bond acceptors (Lipinski definition) is 4. The molecule has 1 amide bonds. The van der Waals surface area contributed by atoms with Crippen molar-refractivity contribution in [2.75, 3.05) is 17.1 Å². The van der Waals surface area contributed by atoms with Crippen LogP contribution in [0.2, 0.25) is 0 Å². The minimum Gasteiger partial charge on any atom is -0.487 e. The zero-order valence-electron chi connectivity index (χ0n) is 18.7. The maximum absolute atomic E-state index is 12.7. The lowest BCUT2D eigenvalue weighted by atomic mass is 9.89. The van der Waals surface area contributed by atoms with Gasteiger partial charge >= 0.3 is 0 Å². The van der Waals surface area contributed by atoms with Crippen LogP contribution in [-0.2, 0) is 21.2 Å². The van der Waals surface area contributed by atoms with Crippen molar-refractivity contribution in [3.63, 3.8) is 0 Å². The second-order valence-corrected chi connectivity index (χ2v) is 10.6. The number of carbonyl (C=O) groups is 1. The third-order valence-corrected chi connectivity index (χ3v) is 6.70. The molecule has 0 fully saturated rings. The largest absolute Gasteiger partial charge is 0.487 e. The maximum Gasteiger partial charge on any atom is 0.232 e. The zero-order valence-corrected chi connectivity index (χ0v) is 19.5. The highest BCUT2D eigenvalue weighted by atomic mass is 32.2. The third-order valence-electron chi connectivity index (χ3n) is 5.51. The van der Waals surface area contributed by atoms with Crippen molar-refractivity contribution in [1.82, 2.24) is 5.32 Å². The summed E-state index contributed by atoms with van der Waals surface area (Å²) >= 11 is 0. The Balaban J connectivity index is 1.62. The van der Waals surface area contributed by atoms with E-state index >= 15 is 0 Å². The summed E-state index contributed by atoms with van der Waals surface area (Å²) in [6.07, 6.45) is 3.45. The van der Waals surface area contributed by atoms with Crippen molar-refractivity contribution < 1.29 is 17.9 Å². The highest BCUT2D eigenvalue weighted by molar-refractivity contribution is 7.92. The van der Waals surface area contributed by atoms with Gasteiger partial charge in [-0.2, -0.15) is 0 Å². The Morgan fingerprint density at radius 2 is 1.84 bits per heavy atom. The van der Waals surface area contributed by atoms with Crippen molar-refractivity contribution in [2.24, 2.45) is 0 Å². The smallest absolute Gasteiger partial charge is 0.232 e. The lowest BCUT2D eigenvalue weighted by molar-refractivity contribution is -0.122. The lowest BCUT2D eigenvalue weighted by Crippen LogP contribution is -2.41. The number of aryl methyl sites for hydroxylation is 1. The fraction of sp³-hybridized carbons (Fsp3) is 0.458. The topological polar surface area (TPSA) is 75.7 Å². The number of amides is 1. The van der Waals surface area contributed by atoms with E-state index in [4.69, 9.17) is 4.74 Å². The van der Waals surface area contributed by atoms with Crippen molar-refractivity contribution >= 4 is 21.6 Å². The summed E-state index contributed by atoms with van der Waals surface area (Å²) in [4.78, 5) is 12.7. The Bertz CT molecular complexity index is 1020. The number of para-hydroxylation sites is 1. The highest BCUT2D eigenvalue weighted by Crippen LogP contribution is 2.39. The summed E-state index contributed by atoms with van der Waals surface area (Å²) in [5.74, 6) is 0.704. The molecule has 0 saturated heterocycles. The van der Waals surface area contributed by atoms with Gasteiger partial charge < -0.3 is 10.1 Å². The number of sulfonamides is 1. The number of nitrogens with zero attached hydrogens (tertiary/aromatic N) is 1. The Kier molecular flexibility index (Phi) is 6.94. The van der Waals surface area contributed by atoms with Crippen LogP contribution in [0.3, 0.4) is 0 Å². The minimum absolute atomic E-state index is 0.0905. The molecule has 31 heavy (non-hydrogen) atoms. The quantitative estimate of drug-likeness (QED) is 0.662. The van der Waals surface area contributed by atoms with Gasteiger partial charge in [-0.05, 0) is 50.5 Å².